The maximum atomic E-state index is 12.4. The van der Waals surface area contributed by atoms with Crippen molar-refractivity contribution in [2.24, 2.45) is 5.92 Å². The lowest BCUT2D eigenvalue weighted by atomic mass is 10.1. The van der Waals surface area contributed by atoms with E-state index >= 15 is 0 Å². The number of hydrogen-bond donors (Lipinski definition) is 0. The van der Waals surface area contributed by atoms with Crippen LogP contribution < -0.4 is 4.90 Å². The Morgan fingerprint density at radius 3 is 2.79 bits per heavy atom. The van der Waals surface area contributed by atoms with Gasteiger partial charge >= 0.3 is 0 Å². The second-order valence-corrected chi connectivity index (χ2v) is 3.89. The van der Waals surface area contributed by atoms with Gasteiger partial charge in [-0.05, 0) is 6.42 Å². The van der Waals surface area contributed by atoms with E-state index in [9.17, 15) is 4.39 Å². The minimum Gasteiger partial charge on any atom is -0.340 e. The maximum Gasteiger partial charge on any atom is 0.225 e. The molecule has 1 unspecified atom stereocenters. The van der Waals surface area contributed by atoms with Crippen molar-refractivity contribution in [3.8, 4) is 0 Å². The molecule has 5 heteroatoms. The highest BCUT2D eigenvalue weighted by molar-refractivity contribution is 6.30. The number of alkyl halides is 1. The topological polar surface area (TPSA) is 29.0 Å². The van der Waals surface area contributed by atoms with Crippen LogP contribution in [0.25, 0.3) is 0 Å². The molecule has 1 fully saturated rings. The van der Waals surface area contributed by atoms with E-state index in [1.807, 2.05) is 4.90 Å². The predicted octanol–water partition coefficient (Wildman–Crippen LogP) is 1.93. The van der Waals surface area contributed by atoms with Crippen molar-refractivity contribution in [2.45, 2.75) is 6.42 Å². The van der Waals surface area contributed by atoms with E-state index in [-0.39, 0.29) is 12.6 Å². The first-order valence-electron chi connectivity index (χ1n) is 4.58. The normalized spacial score (nSPS) is 21.6. The fourth-order valence-corrected chi connectivity index (χ4v) is 1.71. The van der Waals surface area contributed by atoms with Crippen LogP contribution in [0.1, 0.15) is 6.42 Å². The summed E-state index contributed by atoms with van der Waals surface area (Å²) in [5.74, 6) is 0.777. The Morgan fingerprint density at radius 2 is 2.21 bits per heavy atom. The molecule has 1 aromatic heterocycles. The summed E-state index contributed by atoms with van der Waals surface area (Å²) in [5, 5.41) is 0.523. The van der Waals surface area contributed by atoms with Crippen molar-refractivity contribution in [1.82, 2.24) is 9.97 Å². The van der Waals surface area contributed by atoms with Crippen LogP contribution in [-0.4, -0.2) is 29.7 Å². The van der Waals surface area contributed by atoms with Crippen LogP contribution >= 0.6 is 11.6 Å². The summed E-state index contributed by atoms with van der Waals surface area (Å²) >= 11 is 5.67. The van der Waals surface area contributed by atoms with E-state index in [4.69, 9.17) is 11.6 Å². The van der Waals surface area contributed by atoms with Crippen LogP contribution in [0.15, 0.2) is 12.4 Å². The first kappa shape index (κ1) is 9.65. The number of aromatic nitrogens is 2. The number of anilines is 1. The molecule has 2 rings (SSSR count). The number of rotatable bonds is 2. The Morgan fingerprint density at radius 1 is 1.50 bits per heavy atom. The lowest BCUT2D eigenvalue weighted by molar-refractivity contribution is 0.384. The summed E-state index contributed by atoms with van der Waals surface area (Å²) in [5.41, 5.74) is 0. The lowest BCUT2D eigenvalue weighted by Gasteiger charge is -2.14. The predicted molar refractivity (Wildman–Crippen MR) is 53.3 cm³/mol. The van der Waals surface area contributed by atoms with Gasteiger partial charge in [0.25, 0.3) is 0 Å². The summed E-state index contributed by atoms with van der Waals surface area (Å²) in [6.45, 7) is 1.28. The van der Waals surface area contributed by atoms with Crippen LogP contribution in [0.4, 0.5) is 10.3 Å². The van der Waals surface area contributed by atoms with Crippen molar-refractivity contribution in [3.05, 3.63) is 17.4 Å². The average Bonchev–Trinajstić information content (AvgIpc) is 2.67. The van der Waals surface area contributed by atoms with Gasteiger partial charge in [0.15, 0.2) is 0 Å². The van der Waals surface area contributed by atoms with E-state index in [0.29, 0.717) is 17.5 Å². The van der Waals surface area contributed by atoms with E-state index in [2.05, 4.69) is 9.97 Å². The molecule has 14 heavy (non-hydrogen) atoms. The standard InChI is InChI=1S/C9H11ClFN3/c10-8-4-12-9(13-5-8)14-2-1-7(3-11)6-14/h4-5,7H,1-3,6H2. The molecule has 1 saturated heterocycles. The Bertz CT molecular complexity index is 303. The van der Waals surface area contributed by atoms with Gasteiger partial charge in [-0.2, -0.15) is 0 Å². The third kappa shape index (κ3) is 1.95. The second kappa shape index (κ2) is 4.09. The van der Waals surface area contributed by atoms with Crippen molar-refractivity contribution < 1.29 is 4.39 Å². The first-order valence-corrected chi connectivity index (χ1v) is 4.96. The SMILES string of the molecule is FCC1CCN(c2ncc(Cl)cn2)C1. The third-order valence-corrected chi connectivity index (χ3v) is 2.59. The minimum atomic E-state index is -0.260. The van der Waals surface area contributed by atoms with Gasteiger partial charge in [-0.25, -0.2) is 9.97 Å². The molecule has 3 nitrogen and oxygen atoms in total. The van der Waals surface area contributed by atoms with Crippen LogP contribution in [-0.2, 0) is 0 Å². The highest BCUT2D eigenvalue weighted by atomic mass is 35.5. The molecule has 1 atom stereocenters. The van der Waals surface area contributed by atoms with E-state index < -0.39 is 0 Å². The van der Waals surface area contributed by atoms with Gasteiger partial charge in [0.1, 0.15) is 0 Å². The van der Waals surface area contributed by atoms with Gasteiger partial charge < -0.3 is 4.90 Å². The Hall–Kier alpha value is -0.900. The quantitative estimate of drug-likeness (QED) is 0.755. The first-order chi connectivity index (χ1) is 6.79. The van der Waals surface area contributed by atoms with Crippen LogP contribution in [0.3, 0.4) is 0 Å². The zero-order valence-corrected chi connectivity index (χ0v) is 8.41. The Kier molecular flexibility index (Phi) is 2.82. The van der Waals surface area contributed by atoms with Crippen molar-refractivity contribution in [3.63, 3.8) is 0 Å². The van der Waals surface area contributed by atoms with Crippen LogP contribution in [0, 0.1) is 5.92 Å². The van der Waals surface area contributed by atoms with E-state index in [1.54, 1.807) is 12.4 Å². The molecule has 0 radical (unpaired) electrons. The second-order valence-electron chi connectivity index (χ2n) is 3.46. The number of halogens is 2. The fourth-order valence-electron chi connectivity index (χ4n) is 1.61. The summed E-state index contributed by atoms with van der Waals surface area (Å²) in [4.78, 5) is 10.2. The molecule has 1 aromatic rings. The lowest BCUT2D eigenvalue weighted by Crippen LogP contribution is -2.22. The molecule has 0 aromatic carbocycles. The van der Waals surface area contributed by atoms with Gasteiger partial charge in [0.05, 0.1) is 24.1 Å². The minimum absolute atomic E-state index is 0.134. The van der Waals surface area contributed by atoms with Gasteiger partial charge in [-0.15, -0.1) is 0 Å². The summed E-state index contributed by atoms with van der Waals surface area (Å²) in [6.07, 6.45) is 4.00. The molecule has 1 aliphatic heterocycles. The zero-order valence-electron chi connectivity index (χ0n) is 7.66. The summed E-state index contributed by atoms with van der Waals surface area (Å²) in [7, 11) is 0. The molecule has 0 amide bonds. The zero-order chi connectivity index (χ0) is 9.97. The largest absolute Gasteiger partial charge is 0.340 e. The van der Waals surface area contributed by atoms with Gasteiger partial charge in [0, 0.05) is 19.0 Å². The van der Waals surface area contributed by atoms with E-state index in [1.165, 1.54) is 0 Å². The molecule has 0 N–H and O–H groups in total. The van der Waals surface area contributed by atoms with Crippen molar-refractivity contribution in [2.75, 3.05) is 24.7 Å². The van der Waals surface area contributed by atoms with Crippen molar-refractivity contribution in [1.29, 1.82) is 0 Å². The Balaban J connectivity index is 2.06. The molecule has 1 aliphatic rings. The monoisotopic (exact) mass is 215 g/mol. The molecule has 76 valence electrons. The number of nitrogens with zero attached hydrogens (tertiary/aromatic N) is 3. The summed E-state index contributed by atoms with van der Waals surface area (Å²) < 4.78 is 12.4. The molecule has 0 spiro atoms. The maximum absolute atomic E-state index is 12.4. The summed E-state index contributed by atoms with van der Waals surface area (Å²) in [6, 6.07) is 0. The molecule has 0 aliphatic carbocycles. The van der Waals surface area contributed by atoms with Gasteiger partial charge in [0.2, 0.25) is 5.95 Å². The molecular weight excluding hydrogens is 205 g/mol. The molecular formula is C9H11ClFN3. The van der Waals surface area contributed by atoms with Crippen molar-refractivity contribution >= 4 is 17.5 Å². The van der Waals surface area contributed by atoms with E-state index in [0.717, 1.165) is 13.0 Å². The van der Waals surface area contributed by atoms with Gasteiger partial charge in [-0.3, -0.25) is 4.39 Å². The smallest absolute Gasteiger partial charge is 0.225 e. The highest BCUT2D eigenvalue weighted by Gasteiger charge is 2.23. The number of hydrogen-bond acceptors (Lipinski definition) is 3. The fraction of sp³-hybridized carbons (Fsp3) is 0.556. The Labute approximate surface area is 86.9 Å². The molecule has 0 saturated carbocycles. The van der Waals surface area contributed by atoms with Crippen LogP contribution in [0.5, 0.6) is 0 Å². The van der Waals surface area contributed by atoms with Gasteiger partial charge in [-0.1, -0.05) is 11.6 Å². The molecule has 2 heterocycles. The average molecular weight is 216 g/mol. The molecule has 0 bridgehead atoms. The van der Waals surface area contributed by atoms with Crippen LogP contribution in [0.2, 0.25) is 5.02 Å². The third-order valence-electron chi connectivity index (χ3n) is 2.39. The highest BCUT2D eigenvalue weighted by Crippen LogP contribution is 2.21.